The summed E-state index contributed by atoms with van der Waals surface area (Å²) in [6, 6.07) is 7.24. The van der Waals surface area contributed by atoms with Crippen LogP contribution in [0.4, 0.5) is 5.69 Å². The molecule has 19 heavy (non-hydrogen) atoms. The molecule has 1 aromatic carbocycles. The molecule has 2 rings (SSSR count). The fourth-order valence-electron chi connectivity index (χ4n) is 1.88. The van der Waals surface area contributed by atoms with Crippen LogP contribution in [0.2, 0.25) is 0 Å². The molecule has 6 heteroatoms. The lowest BCUT2D eigenvalue weighted by Gasteiger charge is -2.12. The maximum atomic E-state index is 11.7. The fourth-order valence-corrected chi connectivity index (χ4v) is 3.21. The van der Waals surface area contributed by atoms with E-state index in [0.29, 0.717) is 18.5 Å². The molecule has 0 aromatic heterocycles. The van der Waals surface area contributed by atoms with Crippen LogP contribution in [0.5, 0.6) is 0 Å². The monoisotopic (exact) mass is 282 g/mol. The van der Waals surface area contributed by atoms with E-state index in [2.05, 4.69) is 4.72 Å². The minimum absolute atomic E-state index is 0.0463. The van der Waals surface area contributed by atoms with E-state index >= 15 is 0 Å². The Morgan fingerprint density at radius 2 is 1.95 bits per heavy atom. The van der Waals surface area contributed by atoms with Crippen molar-refractivity contribution in [2.45, 2.75) is 37.4 Å². The minimum Gasteiger partial charge on any atom is -0.399 e. The highest BCUT2D eigenvalue weighted by Gasteiger charge is 2.36. The van der Waals surface area contributed by atoms with Gasteiger partial charge in [0.2, 0.25) is 15.9 Å². The molecule has 0 radical (unpaired) electrons. The quantitative estimate of drug-likeness (QED) is 0.798. The van der Waals surface area contributed by atoms with Crippen molar-refractivity contribution in [2.75, 3.05) is 5.73 Å². The van der Waals surface area contributed by atoms with Crippen LogP contribution in [0.25, 0.3) is 0 Å². The van der Waals surface area contributed by atoms with E-state index in [0.717, 1.165) is 5.56 Å². The van der Waals surface area contributed by atoms with E-state index in [1.165, 1.54) is 0 Å². The third-order valence-corrected chi connectivity index (χ3v) is 5.08. The highest BCUT2D eigenvalue weighted by atomic mass is 32.2. The zero-order valence-corrected chi connectivity index (χ0v) is 11.6. The molecule has 104 valence electrons. The summed E-state index contributed by atoms with van der Waals surface area (Å²) in [5, 5.41) is -0.372. The highest BCUT2D eigenvalue weighted by Crippen LogP contribution is 2.27. The third-order valence-electron chi connectivity index (χ3n) is 3.22. The summed E-state index contributed by atoms with van der Waals surface area (Å²) in [6.07, 6.45) is 1.45. The van der Waals surface area contributed by atoms with E-state index in [1.54, 1.807) is 12.1 Å². The maximum absolute atomic E-state index is 11.7. The average Bonchev–Trinajstić information content (AvgIpc) is 3.12. The van der Waals surface area contributed by atoms with Crippen molar-refractivity contribution >= 4 is 21.6 Å². The van der Waals surface area contributed by atoms with Gasteiger partial charge in [0.25, 0.3) is 0 Å². The minimum atomic E-state index is -3.44. The standard InChI is InChI=1S/C13H18N2O3S/c1-9(10-2-4-11(14)5-3-10)8-13(16)15-19(17,18)12-6-7-12/h2-5,9,12H,6-8,14H2,1H3,(H,15,16). The van der Waals surface area contributed by atoms with Crippen molar-refractivity contribution in [1.82, 2.24) is 4.72 Å². The molecule has 5 nitrogen and oxygen atoms in total. The third kappa shape index (κ3) is 3.70. The Bertz CT molecular complexity index is 562. The largest absolute Gasteiger partial charge is 0.399 e. The van der Waals surface area contributed by atoms with Gasteiger partial charge in [0.15, 0.2) is 0 Å². The van der Waals surface area contributed by atoms with E-state index in [1.807, 2.05) is 19.1 Å². The molecular weight excluding hydrogens is 264 g/mol. The summed E-state index contributed by atoms with van der Waals surface area (Å²) in [5.41, 5.74) is 7.22. The molecule has 1 saturated carbocycles. The number of carbonyl (C=O) groups excluding carboxylic acids is 1. The lowest BCUT2D eigenvalue weighted by molar-refractivity contribution is -0.119. The van der Waals surface area contributed by atoms with Gasteiger partial charge in [-0.2, -0.15) is 0 Å². The van der Waals surface area contributed by atoms with Gasteiger partial charge in [0.05, 0.1) is 5.25 Å². The SMILES string of the molecule is CC(CC(=O)NS(=O)(=O)C1CC1)c1ccc(N)cc1. The number of hydrogen-bond acceptors (Lipinski definition) is 4. The molecule has 1 aromatic rings. The summed E-state index contributed by atoms with van der Waals surface area (Å²) in [4.78, 5) is 11.7. The Kier molecular flexibility index (Phi) is 3.80. The summed E-state index contributed by atoms with van der Waals surface area (Å²) >= 11 is 0. The van der Waals surface area contributed by atoms with Crippen molar-refractivity contribution in [1.29, 1.82) is 0 Å². The van der Waals surface area contributed by atoms with Crippen LogP contribution in [0, 0.1) is 0 Å². The smallest absolute Gasteiger partial charge is 0.237 e. The van der Waals surface area contributed by atoms with Gasteiger partial charge < -0.3 is 5.73 Å². The lowest BCUT2D eigenvalue weighted by Crippen LogP contribution is -2.33. The zero-order valence-electron chi connectivity index (χ0n) is 10.8. The van der Waals surface area contributed by atoms with E-state index < -0.39 is 15.9 Å². The Morgan fingerprint density at radius 3 is 2.47 bits per heavy atom. The topological polar surface area (TPSA) is 89.3 Å². The Labute approximate surface area is 113 Å². The first-order valence-electron chi connectivity index (χ1n) is 6.28. The average molecular weight is 282 g/mol. The van der Waals surface area contributed by atoms with Crippen LogP contribution < -0.4 is 10.5 Å². The number of sulfonamides is 1. The number of anilines is 1. The molecule has 0 aliphatic heterocycles. The normalized spacial score (nSPS) is 16.9. The molecule has 1 aliphatic rings. The number of hydrogen-bond donors (Lipinski definition) is 2. The molecule has 0 heterocycles. The first kappa shape index (κ1) is 13.9. The van der Waals surface area contributed by atoms with Gasteiger partial charge in [-0.1, -0.05) is 19.1 Å². The second-order valence-electron chi connectivity index (χ2n) is 5.04. The lowest BCUT2D eigenvalue weighted by atomic mass is 9.97. The van der Waals surface area contributed by atoms with Crippen LogP contribution in [-0.4, -0.2) is 19.6 Å². The van der Waals surface area contributed by atoms with Gasteiger partial charge in [0, 0.05) is 12.1 Å². The summed E-state index contributed by atoms with van der Waals surface area (Å²) < 4.78 is 25.4. The fraction of sp³-hybridized carbons (Fsp3) is 0.462. The molecule has 1 unspecified atom stereocenters. The second-order valence-corrected chi connectivity index (χ2v) is 7.00. The molecule has 3 N–H and O–H groups in total. The molecule has 0 bridgehead atoms. The summed E-state index contributed by atoms with van der Waals surface area (Å²) in [6.45, 7) is 1.88. The van der Waals surface area contributed by atoms with Gasteiger partial charge in [-0.25, -0.2) is 8.42 Å². The van der Waals surface area contributed by atoms with Crippen LogP contribution in [0.3, 0.4) is 0 Å². The van der Waals surface area contributed by atoms with Crippen molar-refractivity contribution in [3.63, 3.8) is 0 Å². The Morgan fingerprint density at radius 1 is 1.37 bits per heavy atom. The molecule has 1 atom stereocenters. The Hall–Kier alpha value is -1.56. The number of carbonyl (C=O) groups is 1. The number of benzene rings is 1. The predicted molar refractivity (Wildman–Crippen MR) is 74.0 cm³/mol. The molecule has 0 spiro atoms. The molecule has 1 fully saturated rings. The van der Waals surface area contributed by atoms with E-state index in [-0.39, 0.29) is 17.6 Å². The van der Waals surface area contributed by atoms with Crippen LogP contribution in [0.15, 0.2) is 24.3 Å². The number of nitrogens with two attached hydrogens (primary N) is 1. The number of nitrogens with one attached hydrogen (secondary N) is 1. The van der Waals surface area contributed by atoms with Crippen molar-refractivity contribution < 1.29 is 13.2 Å². The van der Waals surface area contributed by atoms with Crippen molar-refractivity contribution in [3.8, 4) is 0 Å². The molecule has 1 aliphatic carbocycles. The highest BCUT2D eigenvalue weighted by molar-refractivity contribution is 7.90. The molecular formula is C13H18N2O3S. The van der Waals surface area contributed by atoms with Gasteiger partial charge in [-0.15, -0.1) is 0 Å². The van der Waals surface area contributed by atoms with Gasteiger partial charge in [0.1, 0.15) is 0 Å². The first-order valence-corrected chi connectivity index (χ1v) is 7.83. The van der Waals surface area contributed by atoms with Crippen molar-refractivity contribution in [2.24, 2.45) is 0 Å². The summed E-state index contributed by atoms with van der Waals surface area (Å²) in [5.74, 6) is -0.494. The van der Waals surface area contributed by atoms with E-state index in [9.17, 15) is 13.2 Å². The Balaban J connectivity index is 1.93. The van der Waals surface area contributed by atoms with Crippen LogP contribution in [0.1, 0.15) is 37.7 Å². The van der Waals surface area contributed by atoms with Gasteiger partial charge in [-0.3, -0.25) is 9.52 Å². The van der Waals surface area contributed by atoms with E-state index in [4.69, 9.17) is 5.73 Å². The number of amides is 1. The van der Waals surface area contributed by atoms with Gasteiger partial charge in [-0.05, 0) is 36.5 Å². The first-order chi connectivity index (χ1) is 8.88. The van der Waals surface area contributed by atoms with Crippen molar-refractivity contribution in [3.05, 3.63) is 29.8 Å². The predicted octanol–water partition coefficient (Wildman–Crippen LogP) is 1.37. The molecule has 1 amide bonds. The zero-order chi connectivity index (χ0) is 14.0. The maximum Gasteiger partial charge on any atom is 0.237 e. The van der Waals surface area contributed by atoms with Gasteiger partial charge >= 0.3 is 0 Å². The number of nitrogen functional groups attached to an aromatic ring is 1. The number of rotatable bonds is 5. The second kappa shape index (κ2) is 5.21. The summed E-state index contributed by atoms with van der Waals surface area (Å²) in [7, 11) is -3.44. The molecule has 0 saturated heterocycles. The van der Waals surface area contributed by atoms with Crippen LogP contribution in [-0.2, 0) is 14.8 Å². The van der Waals surface area contributed by atoms with Crippen LogP contribution >= 0.6 is 0 Å².